The average Bonchev–Trinajstić information content (AvgIpc) is 2.32. The van der Waals surface area contributed by atoms with E-state index >= 15 is 0 Å². The first-order valence-electron chi connectivity index (χ1n) is 6.94. The van der Waals surface area contributed by atoms with Crippen LogP contribution in [0.4, 0.5) is 0 Å². The standard InChI is InChI=1S/C12H24O2.C2H6/c1-10(2)7-8-14-12-5-3-11(9-13)4-6-12;1-2/h10-13H,3-9H2,1-2H3;1-2H3. The molecule has 0 aromatic carbocycles. The summed E-state index contributed by atoms with van der Waals surface area (Å²) in [6.45, 7) is 9.73. The van der Waals surface area contributed by atoms with Crippen molar-refractivity contribution in [3.8, 4) is 0 Å². The summed E-state index contributed by atoms with van der Waals surface area (Å²) in [5.41, 5.74) is 0. The molecule has 16 heavy (non-hydrogen) atoms. The molecule has 0 bridgehead atoms. The van der Waals surface area contributed by atoms with Crippen molar-refractivity contribution < 1.29 is 9.84 Å². The van der Waals surface area contributed by atoms with Gasteiger partial charge in [0.1, 0.15) is 0 Å². The van der Waals surface area contributed by atoms with Gasteiger partial charge >= 0.3 is 0 Å². The first kappa shape index (κ1) is 15.9. The molecule has 0 unspecified atom stereocenters. The van der Waals surface area contributed by atoms with Gasteiger partial charge in [0.25, 0.3) is 0 Å². The lowest BCUT2D eigenvalue weighted by molar-refractivity contribution is 0.00694. The Morgan fingerprint density at radius 3 is 2.12 bits per heavy atom. The highest BCUT2D eigenvalue weighted by atomic mass is 16.5. The first-order valence-corrected chi connectivity index (χ1v) is 6.94. The summed E-state index contributed by atoms with van der Waals surface area (Å²) >= 11 is 0. The minimum absolute atomic E-state index is 0.360. The molecule has 0 radical (unpaired) electrons. The molecule has 0 saturated heterocycles. The third-order valence-electron chi connectivity index (χ3n) is 3.10. The number of hydrogen-bond acceptors (Lipinski definition) is 2. The molecule has 0 heterocycles. The molecule has 1 fully saturated rings. The predicted octanol–water partition coefficient (Wildman–Crippen LogP) is 3.63. The van der Waals surface area contributed by atoms with Gasteiger partial charge in [-0.05, 0) is 43.9 Å². The second-order valence-corrected chi connectivity index (χ2v) is 4.88. The van der Waals surface area contributed by atoms with Gasteiger partial charge in [-0.2, -0.15) is 0 Å². The van der Waals surface area contributed by atoms with Crippen molar-refractivity contribution in [3.05, 3.63) is 0 Å². The third kappa shape index (κ3) is 7.24. The molecule has 2 heteroatoms. The quantitative estimate of drug-likeness (QED) is 0.781. The van der Waals surface area contributed by atoms with Crippen molar-refractivity contribution in [2.75, 3.05) is 13.2 Å². The lowest BCUT2D eigenvalue weighted by Crippen LogP contribution is -2.23. The summed E-state index contributed by atoms with van der Waals surface area (Å²) in [4.78, 5) is 0. The van der Waals surface area contributed by atoms with Crippen molar-refractivity contribution in [3.63, 3.8) is 0 Å². The number of aliphatic hydroxyl groups is 1. The number of hydrogen-bond donors (Lipinski definition) is 1. The summed E-state index contributed by atoms with van der Waals surface area (Å²) in [6.07, 6.45) is 6.20. The van der Waals surface area contributed by atoms with E-state index in [1.54, 1.807) is 0 Å². The number of ether oxygens (including phenoxy) is 1. The van der Waals surface area contributed by atoms with Crippen molar-refractivity contribution in [1.29, 1.82) is 0 Å². The highest BCUT2D eigenvalue weighted by molar-refractivity contribution is 4.72. The Hall–Kier alpha value is -0.0800. The molecule has 1 aliphatic carbocycles. The van der Waals surface area contributed by atoms with Gasteiger partial charge in [0.15, 0.2) is 0 Å². The molecular weight excluding hydrogens is 200 g/mol. The summed E-state index contributed by atoms with van der Waals surface area (Å²) in [6, 6.07) is 0. The normalized spacial score (nSPS) is 25.1. The highest BCUT2D eigenvalue weighted by Gasteiger charge is 2.20. The summed E-state index contributed by atoms with van der Waals surface area (Å²) in [5, 5.41) is 8.99. The average molecular weight is 230 g/mol. The van der Waals surface area contributed by atoms with Crippen molar-refractivity contribution >= 4 is 0 Å². The Balaban J connectivity index is 0.00000106. The third-order valence-corrected chi connectivity index (χ3v) is 3.10. The molecule has 1 saturated carbocycles. The van der Waals surface area contributed by atoms with Crippen LogP contribution in [0.2, 0.25) is 0 Å². The van der Waals surface area contributed by atoms with Crippen LogP contribution in [0.3, 0.4) is 0 Å². The van der Waals surface area contributed by atoms with Gasteiger partial charge in [0.2, 0.25) is 0 Å². The topological polar surface area (TPSA) is 29.5 Å². The lowest BCUT2D eigenvalue weighted by Gasteiger charge is -2.27. The molecule has 1 aliphatic rings. The molecule has 0 atom stereocenters. The van der Waals surface area contributed by atoms with Crippen LogP contribution in [0.1, 0.15) is 59.8 Å². The van der Waals surface area contributed by atoms with Crippen LogP contribution in [0, 0.1) is 11.8 Å². The maximum absolute atomic E-state index is 8.99. The van der Waals surface area contributed by atoms with Gasteiger partial charge in [-0.15, -0.1) is 0 Å². The van der Waals surface area contributed by atoms with Crippen LogP contribution in [0.5, 0.6) is 0 Å². The van der Waals surface area contributed by atoms with Gasteiger partial charge in [0, 0.05) is 13.2 Å². The molecule has 0 amide bonds. The Labute approximate surface area is 101 Å². The molecule has 0 aromatic rings. The minimum Gasteiger partial charge on any atom is -0.396 e. The fourth-order valence-electron chi connectivity index (χ4n) is 1.95. The van der Waals surface area contributed by atoms with Crippen LogP contribution < -0.4 is 0 Å². The SMILES string of the molecule is CC.CC(C)CCOC1CCC(CO)CC1. The van der Waals surface area contributed by atoms with E-state index in [0.717, 1.165) is 38.2 Å². The predicted molar refractivity (Wildman–Crippen MR) is 69.6 cm³/mol. The van der Waals surface area contributed by atoms with Crippen molar-refractivity contribution in [2.24, 2.45) is 11.8 Å². The van der Waals surface area contributed by atoms with E-state index < -0.39 is 0 Å². The summed E-state index contributed by atoms with van der Waals surface area (Å²) in [7, 11) is 0. The highest BCUT2D eigenvalue weighted by Crippen LogP contribution is 2.25. The number of rotatable bonds is 5. The van der Waals surface area contributed by atoms with Crippen molar-refractivity contribution in [1.82, 2.24) is 0 Å². The lowest BCUT2D eigenvalue weighted by atomic mass is 9.88. The maximum atomic E-state index is 8.99. The van der Waals surface area contributed by atoms with E-state index in [2.05, 4.69) is 13.8 Å². The molecule has 1 rings (SSSR count). The Kier molecular flexibility index (Phi) is 10.0. The molecule has 0 spiro atoms. The zero-order valence-electron chi connectivity index (χ0n) is 11.5. The van der Waals surface area contributed by atoms with E-state index in [1.165, 1.54) is 6.42 Å². The monoisotopic (exact) mass is 230 g/mol. The van der Waals surface area contributed by atoms with Crippen molar-refractivity contribution in [2.45, 2.75) is 65.9 Å². The van der Waals surface area contributed by atoms with E-state index in [4.69, 9.17) is 9.84 Å². The van der Waals surface area contributed by atoms with Crippen LogP contribution in [-0.2, 0) is 4.74 Å². The Morgan fingerprint density at radius 2 is 1.69 bits per heavy atom. The number of aliphatic hydroxyl groups excluding tert-OH is 1. The van der Waals surface area contributed by atoms with Gasteiger partial charge in [-0.1, -0.05) is 27.7 Å². The first-order chi connectivity index (χ1) is 7.72. The zero-order chi connectivity index (χ0) is 12.4. The molecule has 0 aromatic heterocycles. The van der Waals surface area contributed by atoms with Gasteiger partial charge in [0.05, 0.1) is 6.10 Å². The molecule has 1 N–H and O–H groups in total. The van der Waals surface area contributed by atoms with E-state index in [9.17, 15) is 0 Å². The van der Waals surface area contributed by atoms with E-state index in [-0.39, 0.29) is 0 Å². The second-order valence-electron chi connectivity index (χ2n) is 4.88. The van der Waals surface area contributed by atoms with Crippen LogP contribution in [0.15, 0.2) is 0 Å². The maximum Gasteiger partial charge on any atom is 0.0575 e. The molecule has 0 aliphatic heterocycles. The van der Waals surface area contributed by atoms with Gasteiger partial charge in [-0.3, -0.25) is 0 Å². The van der Waals surface area contributed by atoms with Gasteiger partial charge in [-0.25, -0.2) is 0 Å². The molecule has 2 nitrogen and oxygen atoms in total. The Bertz CT molecular complexity index is 138. The zero-order valence-corrected chi connectivity index (χ0v) is 11.5. The van der Waals surface area contributed by atoms with Crippen LogP contribution >= 0.6 is 0 Å². The summed E-state index contributed by atoms with van der Waals surface area (Å²) in [5.74, 6) is 1.28. The largest absolute Gasteiger partial charge is 0.396 e. The second kappa shape index (κ2) is 10.1. The molecular formula is C14H30O2. The fraction of sp³-hybridized carbons (Fsp3) is 1.00. The van der Waals surface area contributed by atoms with E-state index in [0.29, 0.717) is 18.6 Å². The fourth-order valence-corrected chi connectivity index (χ4v) is 1.95. The Morgan fingerprint density at radius 1 is 1.12 bits per heavy atom. The van der Waals surface area contributed by atoms with E-state index in [1.807, 2.05) is 13.8 Å². The minimum atomic E-state index is 0.360. The molecule has 98 valence electrons. The smallest absolute Gasteiger partial charge is 0.0575 e. The van der Waals surface area contributed by atoms with Gasteiger partial charge < -0.3 is 9.84 Å². The van der Waals surface area contributed by atoms with Crippen LogP contribution in [-0.4, -0.2) is 24.4 Å². The van der Waals surface area contributed by atoms with Crippen LogP contribution in [0.25, 0.3) is 0 Å². The summed E-state index contributed by atoms with van der Waals surface area (Å²) < 4.78 is 5.80.